The zero-order valence-corrected chi connectivity index (χ0v) is 13.9. The quantitative estimate of drug-likeness (QED) is 0.450. The van der Waals surface area contributed by atoms with Gasteiger partial charge in [0.15, 0.2) is 0 Å². The van der Waals surface area contributed by atoms with E-state index in [1.807, 2.05) is 12.2 Å². The SMILES string of the molecule is C#CC1(C2C=CC(OC)(OC3CCCC3)C=C2)CCC(=O)CC1. The number of ketones is 1. The van der Waals surface area contributed by atoms with Crippen molar-refractivity contribution >= 4 is 5.78 Å². The number of ether oxygens (including phenoxy) is 2. The normalized spacial score (nSPS) is 33.7. The number of terminal acetylenes is 1. The summed E-state index contributed by atoms with van der Waals surface area (Å²) < 4.78 is 11.9. The van der Waals surface area contributed by atoms with Gasteiger partial charge in [-0.1, -0.05) is 30.9 Å². The summed E-state index contributed by atoms with van der Waals surface area (Å²) >= 11 is 0. The summed E-state index contributed by atoms with van der Waals surface area (Å²) in [4.78, 5) is 11.5. The number of hydrogen-bond acceptors (Lipinski definition) is 3. The first kappa shape index (κ1) is 16.5. The number of rotatable bonds is 4. The average molecular weight is 314 g/mol. The van der Waals surface area contributed by atoms with Gasteiger partial charge in [0.05, 0.1) is 6.10 Å². The van der Waals surface area contributed by atoms with Gasteiger partial charge in [0.25, 0.3) is 0 Å². The van der Waals surface area contributed by atoms with E-state index in [0.29, 0.717) is 18.6 Å². The zero-order chi connectivity index (χ0) is 16.3. The van der Waals surface area contributed by atoms with Crippen LogP contribution in [0, 0.1) is 23.7 Å². The Labute approximate surface area is 139 Å². The second-order valence-corrected chi connectivity index (χ2v) is 7.03. The number of carbonyl (C=O) groups is 1. The van der Waals surface area contributed by atoms with Crippen molar-refractivity contribution in [3.8, 4) is 12.3 Å². The van der Waals surface area contributed by atoms with E-state index in [2.05, 4.69) is 18.1 Å². The van der Waals surface area contributed by atoms with Gasteiger partial charge in [0.2, 0.25) is 5.79 Å². The first-order valence-electron chi connectivity index (χ1n) is 8.73. The van der Waals surface area contributed by atoms with Crippen molar-refractivity contribution in [3.63, 3.8) is 0 Å². The molecule has 3 aliphatic carbocycles. The van der Waals surface area contributed by atoms with Gasteiger partial charge in [-0.15, -0.1) is 6.42 Å². The summed E-state index contributed by atoms with van der Waals surface area (Å²) in [6.07, 6.45) is 21.8. The van der Waals surface area contributed by atoms with Crippen molar-refractivity contribution in [2.75, 3.05) is 7.11 Å². The highest BCUT2D eigenvalue weighted by atomic mass is 16.7. The van der Waals surface area contributed by atoms with Gasteiger partial charge in [-0.05, 0) is 37.8 Å². The Kier molecular flexibility index (Phi) is 4.75. The third-order valence-corrected chi connectivity index (χ3v) is 5.67. The second kappa shape index (κ2) is 6.63. The standard InChI is InChI=1S/C20H26O3/c1-3-19(12-10-17(21)11-13-19)16-8-14-20(22-2,15-9-16)23-18-6-4-5-7-18/h1,8-9,14-16,18H,4-7,10-13H2,2H3. The van der Waals surface area contributed by atoms with E-state index in [-0.39, 0.29) is 17.4 Å². The fourth-order valence-electron chi connectivity index (χ4n) is 4.04. The van der Waals surface area contributed by atoms with Crippen molar-refractivity contribution in [2.24, 2.45) is 11.3 Å². The topological polar surface area (TPSA) is 35.5 Å². The molecule has 0 N–H and O–H groups in total. The van der Waals surface area contributed by atoms with Gasteiger partial charge >= 0.3 is 0 Å². The molecule has 0 unspecified atom stereocenters. The maximum atomic E-state index is 11.5. The predicted octanol–water partition coefficient (Wildman–Crippen LogP) is 3.79. The molecule has 3 rings (SSSR count). The smallest absolute Gasteiger partial charge is 0.207 e. The van der Waals surface area contributed by atoms with E-state index < -0.39 is 5.79 Å². The molecule has 3 nitrogen and oxygen atoms in total. The van der Waals surface area contributed by atoms with Crippen LogP contribution in [0.25, 0.3) is 0 Å². The summed E-state index contributed by atoms with van der Waals surface area (Å²) in [6, 6.07) is 0. The van der Waals surface area contributed by atoms with Gasteiger partial charge in [0, 0.05) is 31.3 Å². The van der Waals surface area contributed by atoms with Crippen molar-refractivity contribution in [1.29, 1.82) is 0 Å². The van der Waals surface area contributed by atoms with Crippen LogP contribution in [0.15, 0.2) is 24.3 Å². The van der Waals surface area contributed by atoms with Crippen molar-refractivity contribution in [2.45, 2.75) is 63.3 Å². The van der Waals surface area contributed by atoms with Crippen LogP contribution in [0.3, 0.4) is 0 Å². The molecule has 23 heavy (non-hydrogen) atoms. The summed E-state index contributed by atoms with van der Waals surface area (Å²) in [6.45, 7) is 0. The van der Waals surface area contributed by atoms with Crippen LogP contribution in [0.2, 0.25) is 0 Å². The lowest BCUT2D eigenvalue weighted by Crippen LogP contribution is -2.39. The highest BCUT2D eigenvalue weighted by Gasteiger charge is 2.41. The Morgan fingerprint density at radius 2 is 1.78 bits per heavy atom. The minimum Gasteiger partial charge on any atom is -0.346 e. The van der Waals surface area contributed by atoms with Gasteiger partial charge in [-0.2, -0.15) is 0 Å². The van der Waals surface area contributed by atoms with E-state index >= 15 is 0 Å². The van der Waals surface area contributed by atoms with Crippen LogP contribution in [0.4, 0.5) is 0 Å². The summed E-state index contributed by atoms with van der Waals surface area (Å²) in [5.41, 5.74) is -0.242. The summed E-state index contributed by atoms with van der Waals surface area (Å²) in [7, 11) is 1.68. The van der Waals surface area contributed by atoms with Crippen molar-refractivity contribution in [3.05, 3.63) is 24.3 Å². The lowest BCUT2D eigenvalue weighted by atomic mass is 9.65. The summed E-state index contributed by atoms with van der Waals surface area (Å²) in [5.74, 6) is 2.71. The molecule has 0 heterocycles. The molecule has 0 aromatic rings. The number of hydrogen-bond donors (Lipinski definition) is 0. The number of methoxy groups -OCH3 is 1. The number of Topliss-reactive ketones (excluding diaryl/α,β-unsaturated/α-hetero) is 1. The second-order valence-electron chi connectivity index (χ2n) is 7.03. The molecule has 0 amide bonds. The fourth-order valence-corrected chi connectivity index (χ4v) is 4.04. The molecule has 0 aromatic heterocycles. The first-order valence-corrected chi connectivity index (χ1v) is 8.73. The molecule has 3 heteroatoms. The lowest BCUT2D eigenvalue weighted by molar-refractivity contribution is -0.182. The fraction of sp³-hybridized carbons (Fsp3) is 0.650. The highest BCUT2D eigenvalue weighted by Crippen LogP contribution is 2.44. The Morgan fingerprint density at radius 3 is 2.30 bits per heavy atom. The van der Waals surface area contributed by atoms with E-state index in [1.54, 1.807) is 7.11 Å². The average Bonchev–Trinajstić information content (AvgIpc) is 3.09. The third kappa shape index (κ3) is 3.29. The van der Waals surface area contributed by atoms with Gasteiger partial charge in [-0.3, -0.25) is 4.79 Å². The number of carbonyl (C=O) groups excluding carboxylic acids is 1. The zero-order valence-electron chi connectivity index (χ0n) is 13.9. The summed E-state index contributed by atoms with van der Waals surface area (Å²) in [5, 5.41) is 0. The van der Waals surface area contributed by atoms with E-state index in [4.69, 9.17) is 15.9 Å². The van der Waals surface area contributed by atoms with Gasteiger partial charge < -0.3 is 9.47 Å². The monoisotopic (exact) mass is 314 g/mol. The van der Waals surface area contributed by atoms with Gasteiger partial charge in [0.1, 0.15) is 5.78 Å². The lowest BCUT2D eigenvalue weighted by Gasteiger charge is -2.40. The molecule has 0 bridgehead atoms. The molecule has 0 aromatic carbocycles. The Hall–Kier alpha value is -1.37. The largest absolute Gasteiger partial charge is 0.346 e. The molecule has 2 fully saturated rings. The first-order chi connectivity index (χ1) is 11.1. The molecule has 0 aliphatic heterocycles. The predicted molar refractivity (Wildman–Crippen MR) is 89.6 cm³/mol. The van der Waals surface area contributed by atoms with Crippen LogP contribution >= 0.6 is 0 Å². The van der Waals surface area contributed by atoms with Crippen LogP contribution in [-0.2, 0) is 14.3 Å². The highest BCUT2D eigenvalue weighted by molar-refractivity contribution is 5.79. The van der Waals surface area contributed by atoms with E-state index in [1.165, 1.54) is 12.8 Å². The molecule has 3 aliphatic rings. The van der Waals surface area contributed by atoms with E-state index in [0.717, 1.165) is 25.7 Å². The van der Waals surface area contributed by atoms with Crippen LogP contribution in [0.5, 0.6) is 0 Å². The van der Waals surface area contributed by atoms with E-state index in [9.17, 15) is 4.79 Å². The third-order valence-electron chi connectivity index (χ3n) is 5.67. The number of allylic oxidation sites excluding steroid dienone is 2. The van der Waals surface area contributed by atoms with Crippen LogP contribution in [0.1, 0.15) is 51.4 Å². The Bertz CT molecular complexity index is 522. The Balaban J connectivity index is 1.72. The Morgan fingerprint density at radius 1 is 1.17 bits per heavy atom. The van der Waals surface area contributed by atoms with Crippen molar-refractivity contribution in [1.82, 2.24) is 0 Å². The minimum absolute atomic E-state index is 0.149. The van der Waals surface area contributed by atoms with Crippen LogP contribution in [-0.4, -0.2) is 24.8 Å². The molecular weight excluding hydrogens is 288 g/mol. The minimum atomic E-state index is -0.758. The van der Waals surface area contributed by atoms with Crippen LogP contribution < -0.4 is 0 Å². The van der Waals surface area contributed by atoms with Gasteiger partial charge in [-0.25, -0.2) is 0 Å². The molecule has 0 saturated heterocycles. The molecule has 0 radical (unpaired) electrons. The van der Waals surface area contributed by atoms with Crippen molar-refractivity contribution < 1.29 is 14.3 Å². The molecule has 0 spiro atoms. The maximum absolute atomic E-state index is 11.5. The molecule has 2 saturated carbocycles. The molecule has 0 atom stereocenters. The molecular formula is C20H26O3. The molecule has 124 valence electrons. The maximum Gasteiger partial charge on any atom is 0.207 e.